The van der Waals surface area contributed by atoms with Crippen molar-refractivity contribution in [2.75, 3.05) is 13.2 Å². The van der Waals surface area contributed by atoms with Crippen LogP contribution in [0.4, 0.5) is 0 Å². The third-order valence-electron chi connectivity index (χ3n) is 4.15. The van der Waals surface area contributed by atoms with Crippen LogP contribution < -0.4 is 0 Å². The van der Waals surface area contributed by atoms with Crippen LogP contribution in [0.15, 0.2) is 36.4 Å². The van der Waals surface area contributed by atoms with Crippen molar-refractivity contribution in [3.8, 4) is 0 Å². The van der Waals surface area contributed by atoms with E-state index in [4.69, 9.17) is 5.11 Å². The van der Waals surface area contributed by atoms with Gasteiger partial charge >= 0.3 is 0 Å². The largest absolute Gasteiger partial charge is 0.396 e. The monoisotopic (exact) mass is 297 g/mol. The smallest absolute Gasteiger partial charge is 0.261 e. The number of imide groups is 1. The fraction of sp³-hybridized carbons (Fsp3) is 0.333. The minimum absolute atomic E-state index is 0.191. The maximum atomic E-state index is 12.6. The summed E-state index contributed by atoms with van der Waals surface area (Å²) in [6, 6.07) is 11.1. The van der Waals surface area contributed by atoms with E-state index in [1.165, 1.54) is 4.90 Å². The number of aliphatic hydroxyl groups excluding tert-OH is 1. The van der Waals surface area contributed by atoms with Crippen molar-refractivity contribution >= 4 is 22.6 Å². The number of rotatable bonds is 6. The normalized spacial score (nSPS) is 14.0. The first-order chi connectivity index (χ1) is 10.7. The van der Waals surface area contributed by atoms with E-state index in [1.807, 2.05) is 24.3 Å². The van der Waals surface area contributed by atoms with E-state index in [0.717, 1.165) is 36.5 Å². The van der Waals surface area contributed by atoms with Gasteiger partial charge in [0, 0.05) is 29.7 Å². The van der Waals surface area contributed by atoms with Crippen LogP contribution in [0.1, 0.15) is 46.4 Å². The van der Waals surface area contributed by atoms with Gasteiger partial charge in [-0.15, -0.1) is 0 Å². The topological polar surface area (TPSA) is 57.6 Å². The Hall–Kier alpha value is -2.20. The number of unbranched alkanes of at least 4 members (excludes halogenated alkanes) is 3. The van der Waals surface area contributed by atoms with E-state index in [2.05, 4.69) is 0 Å². The molecule has 0 saturated carbocycles. The molecule has 2 aromatic rings. The van der Waals surface area contributed by atoms with E-state index in [-0.39, 0.29) is 18.4 Å². The van der Waals surface area contributed by atoms with E-state index in [0.29, 0.717) is 17.7 Å². The Morgan fingerprint density at radius 2 is 1.41 bits per heavy atom. The van der Waals surface area contributed by atoms with Crippen molar-refractivity contribution in [2.24, 2.45) is 0 Å². The lowest BCUT2D eigenvalue weighted by Gasteiger charge is -2.27. The maximum absolute atomic E-state index is 12.6. The molecule has 0 aliphatic carbocycles. The van der Waals surface area contributed by atoms with Crippen LogP contribution in [0.2, 0.25) is 0 Å². The van der Waals surface area contributed by atoms with E-state index >= 15 is 0 Å². The van der Waals surface area contributed by atoms with Crippen molar-refractivity contribution in [1.29, 1.82) is 0 Å². The van der Waals surface area contributed by atoms with Crippen LogP contribution >= 0.6 is 0 Å². The van der Waals surface area contributed by atoms with E-state index < -0.39 is 0 Å². The van der Waals surface area contributed by atoms with Crippen molar-refractivity contribution in [2.45, 2.75) is 25.7 Å². The SMILES string of the molecule is O=C1c2cccc3cccc(c23)C(=O)N1CCCCCCO. The number of amides is 2. The first-order valence-corrected chi connectivity index (χ1v) is 7.73. The zero-order chi connectivity index (χ0) is 15.5. The van der Waals surface area contributed by atoms with Crippen LogP contribution in [0.5, 0.6) is 0 Å². The highest BCUT2D eigenvalue weighted by molar-refractivity contribution is 6.25. The predicted molar refractivity (Wildman–Crippen MR) is 84.9 cm³/mol. The molecule has 0 atom stereocenters. The Morgan fingerprint density at radius 3 is 2.00 bits per heavy atom. The van der Waals surface area contributed by atoms with Gasteiger partial charge in [-0.25, -0.2) is 0 Å². The molecular formula is C18H19NO3. The van der Waals surface area contributed by atoms with Gasteiger partial charge in [-0.3, -0.25) is 14.5 Å². The Bertz CT molecular complexity index is 673. The van der Waals surface area contributed by atoms with Crippen LogP contribution in [0, 0.1) is 0 Å². The van der Waals surface area contributed by atoms with Gasteiger partial charge in [-0.05, 0) is 30.4 Å². The van der Waals surface area contributed by atoms with Crippen molar-refractivity contribution < 1.29 is 14.7 Å². The molecule has 0 radical (unpaired) electrons. The quantitative estimate of drug-likeness (QED) is 0.658. The van der Waals surface area contributed by atoms with Gasteiger partial charge in [0.15, 0.2) is 0 Å². The molecule has 22 heavy (non-hydrogen) atoms. The zero-order valence-electron chi connectivity index (χ0n) is 12.4. The summed E-state index contributed by atoms with van der Waals surface area (Å²) in [7, 11) is 0. The Kier molecular flexibility index (Phi) is 4.20. The Morgan fingerprint density at radius 1 is 0.818 bits per heavy atom. The highest BCUT2D eigenvalue weighted by atomic mass is 16.3. The number of hydrogen-bond acceptors (Lipinski definition) is 3. The molecule has 2 aromatic carbocycles. The molecule has 0 bridgehead atoms. The Labute approximate surface area is 129 Å². The Balaban J connectivity index is 1.85. The summed E-state index contributed by atoms with van der Waals surface area (Å²) < 4.78 is 0. The first kappa shape index (κ1) is 14.7. The van der Waals surface area contributed by atoms with Crippen LogP contribution in [0.25, 0.3) is 10.8 Å². The molecule has 0 fully saturated rings. The zero-order valence-corrected chi connectivity index (χ0v) is 12.4. The lowest BCUT2D eigenvalue weighted by molar-refractivity contribution is 0.0607. The number of aliphatic hydroxyl groups is 1. The minimum atomic E-state index is -0.198. The molecule has 0 saturated heterocycles. The number of nitrogens with zero attached hydrogens (tertiary/aromatic N) is 1. The number of hydrogen-bond donors (Lipinski definition) is 1. The average molecular weight is 297 g/mol. The van der Waals surface area contributed by atoms with Crippen molar-refractivity contribution in [3.05, 3.63) is 47.5 Å². The molecule has 1 aliphatic heterocycles. The van der Waals surface area contributed by atoms with Crippen LogP contribution in [0.3, 0.4) is 0 Å². The molecule has 114 valence electrons. The number of carbonyl (C=O) groups excluding carboxylic acids is 2. The van der Waals surface area contributed by atoms with Crippen LogP contribution in [-0.2, 0) is 0 Å². The van der Waals surface area contributed by atoms with E-state index in [1.54, 1.807) is 12.1 Å². The molecule has 4 heteroatoms. The van der Waals surface area contributed by atoms with E-state index in [9.17, 15) is 9.59 Å². The summed E-state index contributed by atoms with van der Waals surface area (Å²) >= 11 is 0. The molecule has 3 rings (SSSR count). The first-order valence-electron chi connectivity index (χ1n) is 7.73. The molecule has 1 N–H and O–H groups in total. The number of benzene rings is 2. The minimum Gasteiger partial charge on any atom is -0.396 e. The van der Waals surface area contributed by atoms with Gasteiger partial charge in [0.2, 0.25) is 0 Å². The summed E-state index contributed by atoms with van der Waals surface area (Å²) in [4.78, 5) is 26.6. The summed E-state index contributed by atoms with van der Waals surface area (Å²) in [5, 5.41) is 10.5. The molecule has 2 amide bonds. The van der Waals surface area contributed by atoms with Crippen molar-refractivity contribution in [1.82, 2.24) is 4.90 Å². The predicted octanol–water partition coefficient (Wildman–Crippen LogP) is 2.99. The van der Waals surface area contributed by atoms with Crippen LogP contribution in [-0.4, -0.2) is 35.0 Å². The second-order valence-corrected chi connectivity index (χ2v) is 5.61. The molecule has 1 heterocycles. The van der Waals surface area contributed by atoms with Gasteiger partial charge in [-0.1, -0.05) is 37.1 Å². The van der Waals surface area contributed by atoms with Gasteiger partial charge in [0.25, 0.3) is 11.8 Å². The molecule has 1 aliphatic rings. The highest BCUT2D eigenvalue weighted by Crippen LogP contribution is 2.30. The molecule has 0 unspecified atom stereocenters. The number of carbonyl (C=O) groups is 2. The standard InChI is InChI=1S/C18H19NO3/c20-12-4-2-1-3-11-19-17(21)14-9-5-7-13-8-6-10-15(16(13)14)18(19)22/h5-10,20H,1-4,11-12H2. The fourth-order valence-corrected chi connectivity index (χ4v) is 3.02. The third-order valence-corrected chi connectivity index (χ3v) is 4.15. The van der Waals surface area contributed by atoms with Crippen molar-refractivity contribution in [3.63, 3.8) is 0 Å². The third kappa shape index (κ3) is 2.50. The summed E-state index contributed by atoms with van der Waals surface area (Å²) in [6.07, 6.45) is 3.36. The molecule has 4 nitrogen and oxygen atoms in total. The molecule has 0 aromatic heterocycles. The fourth-order valence-electron chi connectivity index (χ4n) is 3.02. The maximum Gasteiger partial charge on any atom is 0.261 e. The summed E-state index contributed by atoms with van der Waals surface area (Å²) in [5.74, 6) is -0.395. The van der Waals surface area contributed by atoms with Gasteiger partial charge < -0.3 is 5.11 Å². The van der Waals surface area contributed by atoms with Gasteiger partial charge in [0.1, 0.15) is 0 Å². The molecule has 0 spiro atoms. The average Bonchev–Trinajstić information content (AvgIpc) is 2.55. The second kappa shape index (κ2) is 6.28. The lowest BCUT2D eigenvalue weighted by atomic mass is 9.94. The second-order valence-electron chi connectivity index (χ2n) is 5.61. The van der Waals surface area contributed by atoms with Gasteiger partial charge in [-0.2, -0.15) is 0 Å². The lowest BCUT2D eigenvalue weighted by Crippen LogP contribution is -2.40. The molecular weight excluding hydrogens is 278 g/mol. The summed E-state index contributed by atoms with van der Waals surface area (Å²) in [5.41, 5.74) is 1.23. The van der Waals surface area contributed by atoms with Gasteiger partial charge in [0.05, 0.1) is 0 Å². The summed E-state index contributed by atoms with van der Waals surface area (Å²) in [6.45, 7) is 0.630. The highest BCUT2D eigenvalue weighted by Gasteiger charge is 2.31.